The molecule has 66 valence electrons. The lowest BCUT2D eigenvalue weighted by molar-refractivity contribution is 0.605. The van der Waals surface area contributed by atoms with Gasteiger partial charge in [0.1, 0.15) is 4.64 Å². The van der Waals surface area contributed by atoms with Gasteiger partial charge in [-0.05, 0) is 24.7 Å². The van der Waals surface area contributed by atoms with Crippen LogP contribution in [0.25, 0.3) is 0 Å². The van der Waals surface area contributed by atoms with Crippen LogP contribution in [0.3, 0.4) is 0 Å². The molecule has 0 aliphatic heterocycles. The molecule has 0 fully saturated rings. The standard InChI is InChI=1S/C8H12N2S2/c1-2-3-6-10-7(11)4-5-9-8(10)12/h4-5H,2-3,6H2,1H3,(H,9,12). The highest BCUT2D eigenvalue weighted by Gasteiger charge is 1.92. The van der Waals surface area contributed by atoms with Crippen molar-refractivity contribution in [2.45, 2.75) is 26.3 Å². The van der Waals surface area contributed by atoms with Crippen LogP contribution in [0.5, 0.6) is 0 Å². The first-order valence-corrected chi connectivity index (χ1v) is 4.86. The van der Waals surface area contributed by atoms with Crippen LogP contribution in [-0.2, 0) is 6.54 Å². The van der Waals surface area contributed by atoms with Crippen molar-refractivity contribution in [3.8, 4) is 0 Å². The first-order chi connectivity index (χ1) is 5.75. The van der Waals surface area contributed by atoms with Crippen molar-refractivity contribution in [2.24, 2.45) is 0 Å². The molecular weight excluding hydrogens is 188 g/mol. The summed E-state index contributed by atoms with van der Waals surface area (Å²) in [4.78, 5) is 2.96. The molecule has 0 radical (unpaired) electrons. The Morgan fingerprint density at radius 1 is 1.50 bits per heavy atom. The second kappa shape index (κ2) is 4.52. The van der Waals surface area contributed by atoms with Gasteiger partial charge in [-0.1, -0.05) is 25.6 Å². The summed E-state index contributed by atoms with van der Waals surface area (Å²) in [5, 5.41) is 0. The highest BCUT2D eigenvalue weighted by Crippen LogP contribution is 1.98. The van der Waals surface area contributed by atoms with Gasteiger partial charge in [0.15, 0.2) is 4.77 Å². The molecule has 0 aliphatic rings. The molecule has 0 atom stereocenters. The Bertz CT molecular complexity index is 322. The second-order valence-electron chi connectivity index (χ2n) is 2.63. The van der Waals surface area contributed by atoms with Crippen LogP contribution >= 0.6 is 24.4 Å². The molecule has 0 unspecified atom stereocenters. The summed E-state index contributed by atoms with van der Waals surface area (Å²) in [5.41, 5.74) is 0. The molecule has 0 aliphatic carbocycles. The van der Waals surface area contributed by atoms with E-state index in [2.05, 4.69) is 11.9 Å². The Kier molecular flexibility index (Phi) is 3.62. The minimum Gasteiger partial charge on any atom is -0.339 e. The van der Waals surface area contributed by atoms with Crippen molar-refractivity contribution < 1.29 is 0 Å². The number of unbranched alkanes of at least 4 members (excludes halogenated alkanes) is 1. The number of hydrogen-bond acceptors (Lipinski definition) is 2. The molecule has 1 aromatic rings. The zero-order valence-electron chi connectivity index (χ0n) is 7.04. The monoisotopic (exact) mass is 200 g/mol. The number of hydrogen-bond donors (Lipinski definition) is 1. The summed E-state index contributed by atoms with van der Waals surface area (Å²) in [5.74, 6) is 0. The lowest BCUT2D eigenvalue weighted by Crippen LogP contribution is -2.02. The SMILES string of the molecule is CCCCn1c(=S)cc[nH]c1=S. The first-order valence-electron chi connectivity index (χ1n) is 4.04. The third-order valence-corrected chi connectivity index (χ3v) is 2.37. The van der Waals surface area contributed by atoms with E-state index in [9.17, 15) is 0 Å². The third-order valence-electron chi connectivity index (χ3n) is 1.68. The van der Waals surface area contributed by atoms with Gasteiger partial charge in [-0.2, -0.15) is 0 Å². The van der Waals surface area contributed by atoms with Crippen molar-refractivity contribution in [2.75, 3.05) is 0 Å². The van der Waals surface area contributed by atoms with E-state index in [4.69, 9.17) is 24.4 Å². The molecule has 0 bridgehead atoms. The third kappa shape index (κ3) is 2.25. The predicted octanol–water partition coefficient (Wildman–Crippen LogP) is 3.08. The summed E-state index contributed by atoms with van der Waals surface area (Å²) < 4.78 is 3.48. The van der Waals surface area contributed by atoms with Gasteiger partial charge in [0.25, 0.3) is 0 Å². The Hall–Kier alpha value is -0.480. The van der Waals surface area contributed by atoms with E-state index in [1.165, 1.54) is 0 Å². The van der Waals surface area contributed by atoms with E-state index in [0.717, 1.165) is 28.8 Å². The molecule has 4 heteroatoms. The lowest BCUT2D eigenvalue weighted by Gasteiger charge is -2.04. The van der Waals surface area contributed by atoms with Crippen LogP contribution in [-0.4, -0.2) is 9.55 Å². The molecule has 0 saturated carbocycles. The average molecular weight is 200 g/mol. The smallest absolute Gasteiger partial charge is 0.178 e. The summed E-state index contributed by atoms with van der Waals surface area (Å²) >= 11 is 10.2. The Morgan fingerprint density at radius 2 is 2.25 bits per heavy atom. The molecule has 0 spiro atoms. The quantitative estimate of drug-likeness (QED) is 0.757. The van der Waals surface area contributed by atoms with Crippen LogP contribution in [0.1, 0.15) is 19.8 Å². The number of nitrogens with one attached hydrogen (secondary N) is 1. The molecule has 2 nitrogen and oxygen atoms in total. The lowest BCUT2D eigenvalue weighted by atomic mass is 10.3. The highest BCUT2D eigenvalue weighted by atomic mass is 32.1. The van der Waals surface area contributed by atoms with Gasteiger partial charge >= 0.3 is 0 Å². The Balaban J connectivity index is 2.97. The largest absolute Gasteiger partial charge is 0.339 e. The van der Waals surface area contributed by atoms with Crippen molar-refractivity contribution in [1.29, 1.82) is 0 Å². The van der Waals surface area contributed by atoms with Crippen molar-refractivity contribution in [1.82, 2.24) is 9.55 Å². The average Bonchev–Trinajstić information content (AvgIpc) is 2.04. The molecule has 1 aromatic heterocycles. The first kappa shape index (κ1) is 9.61. The summed E-state index contributed by atoms with van der Waals surface area (Å²) in [7, 11) is 0. The van der Waals surface area contributed by atoms with Crippen molar-refractivity contribution in [3.63, 3.8) is 0 Å². The minimum absolute atomic E-state index is 0.718. The molecule has 1 N–H and O–H groups in total. The van der Waals surface area contributed by atoms with E-state index in [1.54, 1.807) is 6.20 Å². The van der Waals surface area contributed by atoms with Gasteiger partial charge in [0, 0.05) is 12.7 Å². The number of rotatable bonds is 3. The molecular formula is C8H12N2S2. The van der Waals surface area contributed by atoms with Crippen LogP contribution in [0.15, 0.2) is 12.3 Å². The van der Waals surface area contributed by atoms with E-state index in [1.807, 2.05) is 10.6 Å². The molecule has 0 saturated heterocycles. The Morgan fingerprint density at radius 3 is 2.83 bits per heavy atom. The van der Waals surface area contributed by atoms with E-state index in [-0.39, 0.29) is 0 Å². The van der Waals surface area contributed by atoms with E-state index < -0.39 is 0 Å². The highest BCUT2D eigenvalue weighted by molar-refractivity contribution is 7.72. The Labute approximate surface area is 82.3 Å². The van der Waals surface area contributed by atoms with Crippen molar-refractivity contribution in [3.05, 3.63) is 21.7 Å². The van der Waals surface area contributed by atoms with Gasteiger partial charge < -0.3 is 9.55 Å². The van der Waals surface area contributed by atoms with Crippen molar-refractivity contribution >= 4 is 24.4 Å². The zero-order chi connectivity index (χ0) is 8.97. The number of aromatic amines is 1. The van der Waals surface area contributed by atoms with Gasteiger partial charge in [-0.15, -0.1) is 0 Å². The fourth-order valence-corrected chi connectivity index (χ4v) is 1.55. The molecule has 0 aromatic carbocycles. The number of H-pyrrole nitrogens is 1. The summed E-state index contributed by atoms with van der Waals surface area (Å²) in [6, 6.07) is 1.86. The fourth-order valence-electron chi connectivity index (χ4n) is 0.980. The van der Waals surface area contributed by atoms with Gasteiger partial charge in [-0.25, -0.2) is 0 Å². The number of nitrogens with zero attached hydrogens (tertiary/aromatic N) is 1. The summed E-state index contributed by atoms with van der Waals surface area (Å²) in [6.45, 7) is 3.07. The second-order valence-corrected chi connectivity index (χ2v) is 3.43. The zero-order valence-corrected chi connectivity index (χ0v) is 8.67. The summed E-state index contributed by atoms with van der Waals surface area (Å²) in [6.07, 6.45) is 4.06. The van der Waals surface area contributed by atoms with Crippen LogP contribution in [0.4, 0.5) is 0 Å². The van der Waals surface area contributed by atoms with Crippen LogP contribution < -0.4 is 0 Å². The topological polar surface area (TPSA) is 20.7 Å². The molecule has 1 rings (SSSR count). The predicted molar refractivity (Wildman–Crippen MR) is 55.4 cm³/mol. The van der Waals surface area contributed by atoms with Gasteiger partial charge in [-0.3, -0.25) is 0 Å². The molecule has 1 heterocycles. The molecule has 0 amide bonds. The maximum absolute atomic E-state index is 5.13. The maximum Gasteiger partial charge on any atom is 0.178 e. The van der Waals surface area contributed by atoms with Gasteiger partial charge in [0.2, 0.25) is 0 Å². The van der Waals surface area contributed by atoms with E-state index >= 15 is 0 Å². The molecule has 12 heavy (non-hydrogen) atoms. The fraction of sp³-hybridized carbons (Fsp3) is 0.500. The van der Waals surface area contributed by atoms with Crippen LogP contribution in [0, 0.1) is 9.41 Å². The maximum atomic E-state index is 5.13. The normalized spacial score (nSPS) is 10.1. The van der Waals surface area contributed by atoms with Gasteiger partial charge in [0.05, 0.1) is 0 Å². The number of aromatic nitrogens is 2. The minimum atomic E-state index is 0.718. The van der Waals surface area contributed by atoms with E-state index in [0.29, 0.717) is 0 Å². The van der Waals surface area contributed by atoms with Crippen LogP contribution in [0.2, 0.25) is 0 Å².